The molecule has 0 aliphatic carbocycles. The minimum Gasteiger partial charge on any atom is -0.394 e. The maximum atomic E-state index is 12.0. The highest BCUT2D eigenvalue weighted by Gasteiger charge is 2.19. The number of benzene rings is 1. The van der Waals surface area contributed by atoms with Crippen LogP contribution in [0.15, 0.2) is 82.6 Å². The summed E-state index contributed by atoms with van der Waals surface area (Å²) in [7, 11) is 1.69. The summed E-state index contributed by atoms with van der Waals surface area (Å²) in [5.41, 5.74) is 2.88. The Hall–Kier alpha value is -5.43. The summed E-state index contributed by atoms with van der Waals surface area (Å²) in [6.45, 7) is -0.166. The summed E-state index contributed by atoms with van der Waals surface area (Å²) in [5, 5.41) is 23.8. The van der Waals surface area contributed by atoms with Crippen LogP contribution in [0.2, 0.25) is 0 Å². The van der Waals surface area contributed by atoms with Crippen LogP contribution in [0.3, 0.4) is 0 Å². The Morgan fingerprint density at radius 1 is 1.08 bits per heavy atom. The van der Waals surface area contributed by atoms with Crippen LogP contribution in [0, 0.1) is 0 Å². The number of aliphatic hydroxyl groups is 1. The second-order valence-electron chi connectivity index (χ2n) is 8.63. The second-order valence-corrected chi connectivity index (χ2v) is 8.63. The van der Waals surface area contributed by atoms with Crippen molar-refractivity contribution in [2.45, 2.75) is 6.04 Å². The van der Waals surface area contributed by atoms with Crippen molar-refractivity contribution in [1.29, 1.82) is 0 Å². The molecule has 194 valence electrons. The summed E-state index contributed by atoms with van der Waals surface area (Å²) in [5.74, 6) is 1.28. The number of aromatic amines is 1. The number of hydrogen-bond donors (Lipinski definition) is 4. The van der Waals surface area contributed by atoms with Crippen molar-refractivity contribution in [3.05, 3.63) is 89.2 Å². The van der Waals surface area contributed by atoms with Gasteiger partial charge in [0, 0.05) is 43.5 Å². The highest BCUT2D eigenvalue weighted by atomic mass is 16.5. The van der Waals surface area contributed by atoms with Crippen molar-refractivity contribution in [1.82, 2.24) is 39.9 Å². The summed E-state index contributed by atoms with van der Waals surface area (Å²) in [6, 6.07) is 14.5. The van der Waals surface area contributed by atoms with Gasteiger partial charge in [-0.05, 0) is 17.7 Å². The first-order chi connectivity index (χ1) is 19.1. The fourth-order valence-corrected chi connectivity index (χ4v) is 4.10. The Morgan fingerprint density at radius 3 is 2.74 bits per heavy atom. The monoisotopic (exact) mass is 522 g/mol. The number of hydrogen-bond acceptors (Lipinski definition) is 11. The molecular formula is C26H22N10O3. The van der Waals surface area contributed by atoms with E-state index in [4.69, 9.17) is 4.52 Å². The lowest BCUT2D eigenvalue weighted by atomic mass is 10.1. The molecule has 6 rings (SSSR count). The molecular weight excluding hydrogens is 500 g/mol. The molecule has 6 aromatic rings. The molecule has 0 amide bonds. The van der Waals surface area contributed by atoms with Crippen molar-refractivity contribution in [2.24, 2.45) is 7.05 Å². The van der Waals surface area contributed by atoms with Crippen LogP contribution in [-0.2, 0) is 7.05 Å². The number of aryl methyl sites for hydroxylation is 1. The van der Waals surface area contributed by atoms with Crippen molar-refractivity contribution in [3.8, 4) is 22.8 Å². The minimum atomic E-state index is -0.428. The van der Waals surface area contributed by atoms with Crippen molar-refractivity contribution < 1.29 is 9.63 Å². The van der Waals surface area contributed by atoms with E-state index in [0.717, 1.165) is 5.56 Å². The number of aliphatic hydroxyl groups excluding tert-OH is 1. The molecule has 5 aromatic heterocycles. The maximum absolute atomic E-state index is 12.0. The van der Waals surface area contributed by atoms with Gasteiger partial charge in [0.2, 0.25) is 11.8 Å². The maximum Gasteiger partial charge on any atom is 0.275 e. The lowest BCUT2D eigenvalue weighted by Gasteiger charge is -2.20. The predicted octanol–water partition coefficient (Wildman–Crippen LogP) is 3.05. The third-order valence-electron chi connectivity index (χ3n) is 6.03. The van der Waals surface area contributed by atoms with Crippen LogP contribution >= 0.6 is 0 Å². The molecule has 5 heterocycles. The van der Waals surface area contributed by atoms with Gasteiger partial charge in [0.15, 0.2) is 5.65 Å². The van der Waals surface area contributed by atoms with E-state index in [9.17, 15) is 9.90 Å². The number of pyridine rings is 2. The molecule has 1 atom stereocenters. The quantitative estimate of drug-likeness (QED) is 0.231. The molecule has 39 heavy (non-hydrogen) atoms. The average Bonchev–Trinajstić information content (AvgIpc) is 3.57. The summed E-state index contributed by atoms with van der Waals surface area (Å²) >= 11 is 0. The molecule has 0 aliphatic heterocycles. The number of fused-ring (bicyclic) bond motifs is 1. The molecule has 13 nitrogen and oxygen atoms in total. The SMILES string of the molecule is Cn1[nH]c(=O)c2cnc(Nc3cc(N[C@H](CO)c4ccccc4)c(-c4nc(-c5cccnc5)no4)cn3)nc21. The minimum absolute atomic E-state index is 0.166. The number of nitrogens with one attached hydrogen (secondary N) is 3. The van der Waals surface area contributed by atoms with E-state index in [2.05, 4.69) is 45.8 Å². The smallest absolute Gasteiger partial charge is 0.275 e. The largest absolute Gasteiger partial charge is 0.394 e. The first kappa shape index (κ1) is 23.9. The van der Waals surface area contributed by atoms with Crippen LogP contribution in [0.25, 0.3) is 33.9 Å². The van der Waals surface area contributed by atoms with Crippen LogP contribution in [-0.4, -0.2) is 51.6 Å². The van der Waals surface area contributed by atoms with Gasteiger partial charge in [0.05, 0.1) is 23.9 Å². The number of aromatic nitrogens is 8. The first-order valence-electron chi connectivity index (χ1n) is 11.9. The summed E-state index contributed by atoms with van der Waals surface area (Å²) in [6.07, 6.45) is 6.34. The van der Waals surface area contributed by atoms with E-state index in [-0.39, 0.29) is 24.0 Å². The number of nitrogens with zero attached hydrogens (tertiary/aromatic N) is 7. The molecule has 0 unspecified atom stereocenters. The summed E-state index contributed by atoms with van der Waals surface area (Å²) < 4.78 is 7.10. The van der Waals surface area contributed by atoms with Crippen molar-refractivity contribution >= 4 is 28.5 Å². The number of anilines is 3. The zero-order valence-electron chi connectivity index (χ0n) is 20.6. The van der Waals surface area contributed by atoms with Crippen LogP contribution in [0.1, 0.15) is 11.6 Å². The van der Waals surface area contributed by atoms with Gasteiger partial charge in [-0.1, -0.05) is 35.5 Å². The Bertz CT molecular complexity index is 1800. The Balaban J connectivity index is 1.38. The third kappa shape index (κ3) is 4.81. The van der Waals surface area contributed by atoms with Gasteiger partial charge in [-0.15, -0.1) is 0 Å². The molecule has 0 aliphatic rings. The van der Waals surface area contributed by atoms with E-state index in [1.807, 2.05) is 36.4 Å². The summed E-state index contributed by atoms with van der Waals surface area (Å²) in [4.78, 5) is 33.8. The van der Waals surface area contributed by atoms with E-state index in [1.165, 1.54) is 10.9 Å². The van der Waals surface area contributed by atoms with Crippen LogP contribution in [0.5, 0.6) is 0 Å². The van der Waals surface area contributed by atoms with Gasteiger partial charge < -0.3 is 20.3 Å². The third-order valence-corrected chi connectivity index (χ3v) is 6.03. The highest BCUT2D eigenvalue weighted by molar-refractivity contribution is 5.77. The number of rotatable bonds is 8. The van der Waals surface area contributed by atoms with Crippen LogP contribution in [0.4, 0.5) is 17.5 Å². The lowest BCUT2D eigenvalue weighted by molar-refractivity contribution is 0.276. The van der Waals surface area contributed by atoms with Gasteiger partial charge >= 0.3 is 0 Å². The highest BCUT2D eigenvalue weighted by Crippen LogP contribution is 2.33. The Labute approximate surface area is 220 Å². The standard InChI is InChI=1S/C26H22N10O3/c1-36-23-18(24(38)34-36)13-29-26(33-23)31-21-10-19(30-20(14-37)15-6-3-2-4-7-15)17(12-28-21)25-32-22(35-39-25)16-8-5-9-27-11-16/h2-13,20,37H,14H2,1H3,(H,34,38)(H2,28,29,30,31,33)/t20-/m1/s1. The average molecular weight is 523 g/mol. The molecule has 4 N–H and O–H groups in total. The molecule has 0 fully saturated rings. The van der Waals surface area contributed by atoms with Gasteiger partial charge in [-0.25, -0.2) is 9.97 Å². The van der Waals surface area contributed by atoms with Crippen LogP contribution < -0.4 is 16.2 Å². The first-order valence-corrected chi connectivity index (χ1v) is 11.9. The molecule has 1 aromatic carbocycles. The predicted molar refractivity (Wildman–Crippen MR) is 143 cm³/mol. The Kier molecular flexibility index (Phi) is 6.23. The van der Waals surface area contributed by atoms with Gasteiger partial charge in [-0.2, -0.15) is 9.97 Å². The fourth-order valence-electron chi connectivity index (χ4n) is 4.10. The molecule has 0 radical (unpaired) electrons. The van der Waals surface area contributed by atoms with E-state index < -0.39 is 6.04 Å². The van der Waals surface area contributed by atoms with Crippen molar-refractivity contribution in [2.75, 3.05) is 17.2 Å². The molecule has 0 bridgehead atoms. The normalized spacial score (nSPS) is 11.9. The Morgan fingerprint density at radius 2 is 1.95 bits per heavy atom. The zero-order valence-corrected chi connectivity index (χ0v) is 20.6. The van der Waals surface area contributed by atoms with E-state index >= 15 is 0 Å². The van der Waals surface area contributed by atoms with Crippen molar-refractivity contribution in [3.63, 3.8) is 0 Å². The lowest BCUT2D eigenvalue weighted by Crippen LogP contribution is -2.15. The topological polar surface area (TPSA) is 173 Å². The molecule has 0 spiro atoms. The van der Waals surface area contributed by atoms with E-state index in [1.54, 1.807) is 37.8 Å². The fraction of sp³-hybridized carbons (Fsp3) is 0.115. The number of H-pyrrole nitrogens is 1. The molecule has 13 heteroatoms. The zero-order chi connectivity index (χ0) is 26.8. The van der Waals surface area contributed by atoms with Gasteiger partial charge in [-0.3, -0.25) is 19.6 Å². The van der Waals surface area contributed by atoms with E-state index in [0.29, 0.717) is 39.5 Å². The molecule has 0 saturated carbocycles. The molecule has 0 saturated heterocycles. The van der Waals surface area contributed by atoms with Gasteiger partial charge in [0.1, 0.15) is 11.2 Å². The second kappa shape index (κ2) is 10.1. The van der Waals surface area contributed by atoms with Gasteiger partial charge in [0.25, 0.3) is 11.4 Å².